The van der Waals surface area contributed by atoms with E-state index in [1.807, 2.05) is 32.9 Å². The van der Waals surface area contributed by atoms with Gasteiger partial charge in [-0.15, -0.1) is 0 Å². The van der Waals surface area contributed by atoms with Crippen LogP contribution >= 0.6 is 0 Å². The molecule has 43 heavy (non-hydrogen) atoms. The minimum atomic E-state index is -0.183. The van der Waals surface area contributed by atoms with Gasteiger partial charge in [-0.3, -0.25) is 9.59 Å². The van der Waals surface area contributed by atoms with E-state index in [2.05, 4.69) is 71.5 Å². The zero-order chi connectivity index (χ0) is 31.1. The smallest absolute Gasteiger partial charge is 0.253 e. The van der Waals surface area contributed by atoms with Crippen LogP contribution in [0.25, 0.3) is 11.1 Å². The van der Waals surface area contributed by atoms with Crippen LogP contribution in [0.5, 0.6) is 0 Å². The molecule has 2 aromatic carbocycles. The van der Waals surface area contributed by atoms with Gasteiger partial charge in [-0.2, -0.15) is 0 Å². The molecule has 3 aromatic rings. The van der Waals surface area contributed by atoms with Gasteiger partial charge >= 0.3 is 0 Å². The Morgan fingerprint density at radius 1 is 0.977 bits per heavy atom. The van der Waals surface area contributed by atoms with Crippen molar-refractivity contribution in [3.8, 4) is 11.1 Å². The number of aromatic amines is 1. The molecule has 8 nitrogen and oxygen atoms in total. The molecule has 4 rings (SSSR count). The first-order valence-electron chi connectivity index (χ1n) is 15.3. The molecule has 2 N–H and O–H groups in total. The lowest BCUT2D eigenvalue weighted by molar-refractivity contribution is -0.0390. The number of nitrogens with one attached hydrogen (secondary N) is 2. The number of benzene rings is 2. The van der Waals surface area contributed by atoms with Gasteiger partial charge in [0.25, 0.3) is 11.5 Å². The molecule has 1 heterocycles. The first-order chi connectivity index (χ1) is 20.6. The molecule has 8 heteroatoms. The van der Waals surface area contributed by atoms with Crippen LogP contribution in [-0.4, -0.2) is 62.4 Å². The number of hydrogen-bond acceptors (Lipinski definition) is 6. The van der Waals surface area contributed by atoms with Gasteiger partial charge in [-0.25, -0.2) is 0 Å². The lowest BCUT2D eigenvalue weighted by Crippen LogP contribution is -2.42. The topological polar surface area (TPSA) is 86.9 Å². The highest BCUT2D eigenvalue weighted by atomic mass is 16.7. The maximum Gasteiger partial charge on any atom is 0.253 e. The average molecular weight is 589 g/mol. The van der Waals surface area contributed by atoms with Gasteiger partial charge in [-0.05, 0) is 113 Å². The Kier molecular flexibility index (Phi) is 11.2. The summed E-state index contributed by atoms with van der Waals surface area (Å²) in [6, 6.07) is 15.4. The average Bonchev–Trinajstić information content (AvgIpc) is 2.98. The van der Waals surface area contributed by atoms with Crippen molar-refractivity contribution in [1.82, 2.24) is 15.2 Å². The molecule has 232 valence electrons. The van der Waals surface area contributed by atoms with Gasteiger partial charge in [0.1, 0.15) is 6.79 Å². The number of methoxy groups -OCH3 is 1. The van der Waals surface area contributed by atoms with Crippen LogP contribution in [0.15, 0.2) is 47.3 Å². The van der Waals surface area contributed by atoms with Gasteiger partial charge in [0.2, 0.25) is 0 Å². The Hall–Kier alpha value is -3.46. The number of aromatic nitrogens is 1. The molecular weight excluding hydrogens is 540 g/mol. The second-order valence-corrected chi connectivity index (χ2v) is 12.0. The summed E-state index contributed by atoms with van der Waals surface area (Å²) in [4.78, 5) is 34.1. The highest BCUT2D eigenvalue weighted by Gasteiger charge is 2.28. The number of nitrogens with zero attached hydrogens (tertiary/aromatic N) is 2. The number of rotatable bonds is 12. The summed E-state index contributed by atoms with van der Waals surface area (Å²) in [6.45, 7) is 9.75. The fraction of sp³-hybridized carbons (Fsp3) is 0.486. The number of pyridine rings is 1. The quantitative estimate of drug-likeness (QED) is 0.208. The van der Waals surface area contributed by atoms with Crippen LogP contribution in [-0.2, 0) is 22.6 Å². The molecule has 0 bridgehead atoms. The highest BCUT2D eigenvalue weighted by molar-refractivity contribution is 5.99. The standard InChI is InChI=1S/C35H48N4O4/c1-8-39(30-15-13-29(14-16-30)38(5)6)33-19-28(27-11-9-26(10-12-27)21-43-22-42-7)18-31(25(33)4)34(40)36-20-32-23(2)17-24(3)37-35(32)41/h9-12,17-19,29-30H,8,13-16,20-22H2,1-7H3,(H,36,40)(H,37,41). The Labute approximate surface area is 256 Å². The number of hydrogen-bond donors (Lipinski definition) is 2. The summed E-state index contributed by atoms with van der Waals surface area (Å²) in [5, 5.41) is 3.04. The third-order valence-electron chi connectivity index (χ3n) is 8.79. The van der Waals surface area contributed by atoms with E-state index in [1.165, 1.54) is 0 Å². The lowest BCUT2D eigenvalue weighted by Gasteiger charge is -2.40. The van der Waals surface area contributed by atoms with Gasteiger partial charge < -0.3 is 29.6 Å². The minimum absolute atomic E-state index is 0.163. The first-order valence-corrected chi connectivity index (χ1v) is 15.3. The summed E-state index contributed by atoms with van der Waals surface area (Å²) in [5.41, 5.74) is 7.83. The van der Waals surface area contributed by atoms with Crippen LogP contribution in [0.2, 0.25) is 0 Å². The molecule has 0 radical (unpaired) electrons. The maximum atomic E-state index is 13.8. The number of ether oxygens (including phenoxy) is 2. The first kappa shape index (κ1) is 32.5. The molecule has 1 amide bonds. The fourth-order valence-electron chi connectivity index (χ4n) is 6.31. The number of amides is 1. The van der Waals surface area contributed by atoms with Crippen molar-refractivity contribution in [2.45, 2.75) is 78.6 Å². The molecule has 1 aliphatic carbocycles. The molecule has 1 aliphatic rings. The second-order valence-electron chi connectivity index (χ2n) is 12.0. The van der Waals surface area contributed by atoms with E-state index in [0.29, 0.717) is 29.8 Å². The largest absolute Gasteiger partial charge is 0.369 e. The monoisotopic (exact) mass is 588 g/mol. The summed E-state index contributed by atoms with van der Waals surface area (Å²) >= 11 is 0. The molecule has 1 aromatic heterocycles. The third-order valence-corrected chi connectivity index (χ3v) is 8.79. The molecular formula is C35H48N4O4. The maximum absolute atomic E-state index is 13.8. The van der Waals surface area contributed by atoms with E-state index < -0.39 is 0 Å². The minimum Gasteiger partial charge on any atom is -0.369 e. The number of carbonyl (C=O) groups excluding carboxylic acids is 1. The number of anilines is 1. The molecule has 0 unspecified atom stereocenters. The van der Waals surface area contributed by atoms with Crippen molar-refractivity contribution in [3.05, 3.63) is 86.3 Å². The van der Waals surface area contributed by atoms with E-state index in [-0.39, 0.29) is 24.8 Å². The zero-order valence-corrected chi connectivity index (χ0v) is 26.9. The van der Waals surface area contributed by atoms with Crippen LogP contribution in [0.4, 0.5) is 5.69 Å². The van der Waals surface area contributed by atoms with Crippen LogP contribution in [0, 0.1) is 20.8 Å². The van der Waals surface area contributed by atoms with Crippen molar-refractivity contribution in [2.24, 2.45) is 0 Å². The Balaban J connectivity index is 1.68. The molecule has 1 fully saturated rings. The molecule has 0 aliphatic heterocycles. The summed E-state index contributed by atoms with van der Waals surface area (Å²) in [5.74, 6) is -0.183. The van der Waals surface area contributed by atoms with Crippen molar-refractivity contribution < 1.29 is 14.3 Å². The van der Waals surface area contributed by atoms with Crippen LogP contribution in [0.3, 0.4) is 0 Å². The fourth-order valence-corrected chi connectivity index (χ4v) is 6.31. The number of aryl methyl sites for hydroxylation is 2. The van der Waals surface area contributed by atoms with Gasteiger partial charge in [-0.1, -0.05) is 24.3 Å². The summed E-state index contributed by atoms with van der Waals surface area (Å²) in [6.07, 6.45) is 4.57. The van der Waals surface area contributed by atoms with E-state index in [1.54, 1.807) is 7.11 Å². The van der Waals surface area contributed by atoms with Crippen molar-refractivity contribution >= 4 is 11.6 Å². The summed E-state index contributed by atoms with van der Waals surface area (Å²) in [7, 11) is 5.95. The van der Waals surface area contributed by atoms with Crippen molar-refractivity contribution in [3.63, 3.8) is 0 Å². The third kappa shape index (κ3) is 7.93. The number of carbonyl (C=O) groups is 1. The van der Waals surface area contributed by atoms with Crippen molar-refractivity contribution in [2.75, 3.05) is 39.4 Å². The molecule has 0 atom stereocenters. The Morgan fingerprint density at radius 3 is 2.26 bits per heavy atom. The van der Waals surface area contributed by atoms with E-state index in [0.717, 1.165) is 71.4 Å². The van der Waals surface area contributed by atoms with Crippen LogP contribution in [0.1, 0.15) is 70.9 Å². The lowest BCUT2D eigenvalue weighted by atomic mass is 9.88. The van der Waals surface area contributed by atoms with Crippen LogP contribution < -0.4 is 15.8 Å². The molecule has 0 saturated heterocycles. The normalized spacial score (nSPS) is 16.8. The zero-order valence-electron chi connectivity index (χ0n) is 26.9. The Morgan fingerprint density at radius 2 is 1.65 bits per heavy atom. The van der Waals surface area contributed by atoms with Gasteiger partial charge in [0.15, 0.2) is 0 Å². The number of H-pyrrole nitrogens is 1. The Bertz CT molecular complexity index is 1440. The van der Waals surface area contributed by atoms with E-state index in [4.69, 9.17) is 9.47 Å². The van der Waals surface area contributed by atoms with Crippen molar-refractivity contribution in [1.29, 1.82) is 0 Å². The SMILES string of the molecule is CCN(c1cc(-c2ccc(COCOC)cc2)cc(C(=O)NCc2c(C)cc(C)[nH]c2=O)c1C)C1CCC(N(C)C)CC1. The molecule has 0 spiro atoms. The summed E-state index contributed by atoms with van der Waals surface area (Å²) < 4.78 is 10.5. The predicted octanol–water partition coefficient (Wildman–Crippen LogP) is 5.72. The second kappa shape index (κ2) is 14.8. The van der Waals surface area contributed by atoms with Gasteiger partial charge in [0.05, 0.1) is 6.61 Å². The highest BCUT2D eigenvalue weighted by Crippen LogP contribution is 2.36. The molecule has 1 saturated carbocycles. The predicted molar refractivity (Wildman–Crippen MR) is 174 cm³/mol. The van der Waals surface area contributed by atoms with E-state index >= 15 is 0 Å². The van der Waals surface area contributed by atoms with E-state index in [9.17, 15) is 9.59 Å². The van der Waals surface area contributed by atoms with Gasteiger partial charge in [0, 0.05) is 54.8 Å².